The number of rotatable bonds is 7. The Labute approximate surface area is 179 Å². The lowest BCUT2D eigenvalue weighted by Gasteiger charge is -2.25. The van der Waals surface area contributed by atoms with Crippen molar-refractivity contribution in [2.45, 2.75) is 37.6 Å². The van der Waals surface area contributed by atoms with Crippen LogP contribution in [0.3, 0.4) is 0 Å². The minimum absolute atomic E-state index is 0.0102. The molecule has 1 heterocycles. The molecule has 0 fully saturated rings. The SMILES string of the molecule is C=Cc1cc(Cl)ccc1S(=O)(=O)NC(c1nn[nH]n1)C(C)c1c(F)ccc(C)c1C. The molecule has 0 spiro atoms. The summed E-state index contributed by atoms with van der Waals surface area (Å²) in [4.78, 5) is -0.0102. The maximum atomic E-state index is 14.7. The second-order valence-electron chi connectivity index (χ2n) is 6.95. The first-order valence-electron chi connectivity index (χ1n) is 9.09. The van der Waals surface area contributed by atoms with Crippen LogP contribution in [-0.4, -0.2) is 29.0 Å². The van der Waals surface area contributed by atoms with E-state index in [1.807, 2.05) is 6.92 Å². The number of hydrogen-bond donors (Lipinski definition) is 2. The lowest BCUT2D eigenvalue weighted by molar-refractivity contribution is 0.478. The highest BCUT2D eigenvalue weighted by atomic mass is 35.5. The molecule has 2 aromatic carbocycles. The van der Waals surface area contributed by atoms with E-state index in [1.54, 1.807) is 19.9 Å². The topological polar surface area (TPSA) is 101 Å². The van der Waals surface area contributed by atoms with E-state index in [4.69, 9.17) is 11.6 Å². The first kappa shape index (κ1) is 22.1. The first-order valence-corrected chi connectivity index (χ1v) is 10.9. The normalized spacial score (nSPS) is 13.8. The third-order valence-electron chi connectivity index (χ3n) is 5.09. The standard InChI is InChI=1S/C20H21ClFN5O2S/c1-5-14-10-15(21)7-9-17(14)30(28,29)25-19(20-23-26-27-24-20)13(4)18-12(3)11(2)6-8-16(18)22/h5-10,13,19,25H,1H2,2-4H3,(H,23,24,26,27). The van der Waals surface area contributed by atoms with Gasteiger partial charge < -0.3 is 0 Å². The molecule has 0 aliphatic carbocycles. The quantitative estimate of drug-likeness (QED) is 0.566. The Morgan fingerprint density at radius 2 is 2.00 bits per heavy atom. The molecular formula is C20H21ClFN5O2S. The van der Waals surface area contributed by atoms with Gasteiger partial charge in [-0.25, -0.2) is 12.8 Å². The summed E-state index contributed by atoms with van der Waals surface area (Å²) in [7, 11) is -4.06. The smallest absolute Gasteiger partial charge is 0.207 e. The summed E-state index contributed by atoms with van der Waals surface area (Å²) in [5, 5.41) is 14.1. The predicted octanol–water partition coefficient (Wildman–Crippen LogP) is 4.08. The van der Waals surface area contributed by atoms with Gasteiger partial charge >= 0.3 is 0 Å². The maximum absolute atomic E-state index is 14.7. The van der Waals surface area contributed by atoms with Crippen molar-refractivity contribution in [3.05, 3.63) is 75.8 Å². The molecule has 0 saturated heterocycles. The molecule has 2 N–H and O–H groups in total. The largest absolute Gasteiger partial charge is 0.241 e. The third kappa shape index (κ3) is 4.28. The Morgan fingerprint density at radius 1 is 1.27 bits per heavy atom. The van der Waals surface area contributed by atoms with E-state index in [1.165, 1.54) is 30.3 Å². The van der Waals surface area contributed by atoms with Crippen LogP contribution in [0.4, 0.5) is 4.39 Å². The van der Waals surface area contributed by atoms with Gasteiger partial charge in [0.25, 0.3) is 0 Å². The van der Waals surface area contributed by atoms with E-state index in [2.05, 4.69) is 31.9 Å². The molecule has 2 atom stereocenters. The first-order chi connectivity index (χ1) is 14.2. The number of aromatic amines is 1. The molecule has 2 unspecified atom stereocenters. The Kier molecular flexibility index (Phi) is 6.35. The van der Waals surface area contributed by atoms with Crippen molar-refractivity contribution in [1.29, 1.82) is 0 Å². The summed E-state index contributed by atoms with van der Waals surface area (Å²) in [6.07, 6.45) is 1.40. The molecule has 1 aromatic heterocycles. The van der Waals surface area contributed by atoms with E-state index in [0.717, 1.165) is 11.1 Å². The maximum Gasteiger partial charge on any atom is 0.241 e. The van der Waals surface area contributed by atoms with E-state index in [-0.39, 0.29) is 10.7 Å². The van der Waals surface area contributed by atoms with Gasteiger partial charge in [0.1, 0.15) is 5.82 Å². The van der Waals surface area contributed by atoms with E-state index >= 15 is 0 Å². The Hall–Kier alpha value is -2.62. The van der Waals surface area contributed by atoms with Crippen molar-refractivity contribution in [1.82, 2.24) is 25.3 Å². The molecule has 0 saturated carbocycles. The van der Waals surface area contributed by atoms with Gasteiger partial charge in [-0.3, -0.25) is 0 Å². The van der Waals surface area contributed by atoms with Crippen LogP contribution in [-0.2, 0) is 10.0 Å². The molecule has 3 rings (SSSR count). The summed E-state index contributed by atoms with van der Waals surface area (Å²) in [5.74, 6) is -0.964. The number of halogens is 2. The molecule has 3 aromatic rings. The molecule has 0 amide bonds. The zero-order chi connectivity index (χ0) is 22.1. The van der Waals surface area contributed by atoms with E-state index < -0.39 is 27.8 Å². The minimum Gasteiger partial charge on any atom is -0.207 e. The van der Waals surface area contributed by atoms with Gasteiger partial charge in [-0.2, -0.15) is 9.94 Å². The second kappa shape index (κ2) is 8.63. The Bertz CT molecular complexity index is 1180. The van der Waals surface area contributed by atoms with Crippen LogP contribution in [0.25, 0.3) is 6.08 Å². The van der Waals surface area contributed by atoms with Crippen LogP contribution in [0.1, 0.15) is 47.0 Å². The van der Waals surface area contributed by atoms with Gasteiger partial charge in [-0.1, -0.05) is 42.5 Å². The molecule has 10 heteroatoms. The summed E-state index contributed by atoms with van der Waals surface area (Å²) in [6, 6.07) is 6.43. The Balaban J connectivity index is 2.09. The second-order valence-corrected chi connectivity index (χ2v) is 9.07. The van der Waals surface area contributed by atoms with Crippen LogP contribution in [0.5, 0.6) is 0 Å². The highest BCUT2D eigenvalue weighted by Gasteiger charge is 2.33. The van der Waals surface area contributed by atoms with Crippen molar-refractivity contribution in [3.8, 4) is 0 Å². The molecule has 0 aliphatic heterocycles. The number of sulfonamides is 1. The fraction of sp³-hybridized carbons (Fsp3) is 0.250. The summed E-state index contributed by atoms with van der Waals surface area (Å²) in [6.45, 7) is 9.02. The van der Waals surface area contributed by atoms with Gasteiger partial charge in [-0.15, -0.1) is 10.2 Å². The summed E-state index contributed by atoms with van der Waals surface area (Å²) in [5.41, 5.74) is 2.34. The van der Waals surface area contributed by atoms with Crippen molar-refractivity contribution < 1.29 is 12.8 Å². The van der Waals surface area contributed by atoms with Gasteiger partial charge in [0.2, 0.25) is 10.0 Å². The minimum atomic E-state index is -4.06. The number of aryl methyl sites for hydroxylation is 1. The summed E-state index contributed by atoms with van der Waals surface area (Å²) >= 11 is 5.98. The van der Waals surface area contributed by atoms with Crippen LogP contribution in [0.15, 0.2) is 41.8 Å². The van der Waals surface area contributed by atoms with Crippen molar-refractivity contribution >= 4 is 27.7 Å². The van der Waals surface area contributed by atoms with Crippen molar-refractivity contribution in [2.75, 3.05) is 0 Å². The van der Waals surface area contributed by atoms with Gasteiger partial charge in [0, 0.05) is 10.9 Å². The molecule has 30 heavy (non-hydrogen) atoms. The lowest BCUT2D eigenvalue weighted by atomic mass is 9.88. The number of benzene rings is 2. The van der Waals surface area contributed by atoms with Crippen LogP contribution < -0.4 is 4.72 Å². The lowest BCUT2D eigenvalue weighted by Crippen LogP contribution is -2.33. The number of nitrogens with one attached hydrogen (secondary N) is 2. The Morgan fingerprint density at radius 3 is 2.63 bits per heavy atom. The fourth-order valence-corrected chi connectivity index (χ4v) is 5.02. The number of tetrazole rings is 1. The average Bonchev–Trinajstić information content (AvgIpc) is 3.23. The molecule has 7 nitrogen and oxygen atoms in total. The predicted molar refractivity (Wildman–Crippen MR) is 113 cm³/mol. The third-order valence-corrected chi connectivity index (χ3v) is 6.84. The zero-order valence-corrected chi connectivity index (χ0v) is 18.2. The zero-order valence-electron chi connectivity index (χ0n) is 16.6. The molecule has 0 aliphatic rings. The van der Waals surface area contributed by atoms with E-state index in [0.29, 0.717) is 16.1 Å². The van der Waals surface area contributed by atoms with Gasteiger partial charge in [-0.05, 0) is 60.4 Å². The monoisotopic (exact) mass is 449 g/mol. The number of nitrogens with zero attached hydrogens (tertiary/aromatic N) is 3. The van der Waals surface area contributed by atoms with Crippen molar-refractivity contribution in [3.63, 3.8) is 0 Å². The molecule has 0 bridgehead atoms. The number of H-pyrrole nitrogens is 1. The van der Waals surface area contributed by atoms with Gasteiger partial charge in [0.15, 0.2) is 5.82 Å². The molecule has 158 valence electrons. The highest BCUT2D eigenvalue weighted by molar-refractivity contribution is 7.89. The van der Waals surface area contributed by atoms with Crippen LogP contribution in [0.2, 0.25) is 5.02 Å². The van der Waals surface area contributed by atoms with Crippen LogP contribution >= 0.6 is 11.6 Å². The number of hydrogen-bond acceptors (Lipinski definition) is 5. The molecule has 0 radical (unpaired) electrons. The summed E-state index contributed by atoms with van der Waals surface area (Å²) < 4.78 is 43.8. The highest BCUT2D eigenvalue weighted by Crippen LogP contribution is 2.35. The van der Waals surface area contributed by atoms with Crippen LogP contribution in [0, 0.1) is 19.7 Å². The average molecular weight is 450 g/mol. The fourth-order valence-electron chi connectivity index (χ4n) is 3.36. The van der Waals surface area contributed by atoms with Crippen molar-refractivity contribution in [2.24, 2.45) is 0 Å². The van der Waals surface area contributed by atoms with Gasteiger partial charge in [0.05, 0.1) is 10.9 Å². The molecular weight excluding hydrogens is 429 g/mol. The number of aromatic nitrogens is 4. The van der Waals surface area contributed by atoms with E-state index in [9.17, 15) is 12.8 Å².